The van der Waals surface area contributed by atoms with Gasteiger partial charge in [-0.25, -0.2) is 9.18 Å². The zero-order valence-electron chi connectivity index (χ0n) is 16.2. The van der Waals surface area contributed by atoms with Gasteiger partial charge in [0.25, 0.3) is 6.04 Å². The Morgan fingerprint density at radius 1 is 1.43 bits per heavy atom. The van der Waals surface area contributed by atoms with Crippen LogP contribution in [0.25, 0.3) is 0 Å². The Labute approximate surface area is 162 Å². The van der Waals surface area contributed by atoms with Crippen molar-refractivity contribution in [2.75, 3.05) is 37.8 Å². The molecule has 2 atom stereocenters. The van der Waals surface area contributed by atoms with Crippen molar-refractivity contribution in [1.82, 2.24) is 5.32 Å². The minimum Gasteiger partial charge on any atom is -0.446 e. The highest BCUT2D eigenvalue weighted by Gasteiger charge is 2.34. The number of nitrogens with one attached hydrogen (secondary N) is 1. The van der Waals surface area contributed by atoms with Crippen molar-refractivity contribution < 1.29 is 28.7 Å². The number of nitrogens with zero attached hydrogens (tertiary/aromatic N) is 2. The van der Waals surface area contributed by atoms with Gasteiger partial charge in [-0.05, 0) is 39.0 Å². The van der Waals surface area contributed by atoms with Crippen LogP contribution in [-0.2, 0) is 9.47 Å². The summed E-state index contributed by atoms with van der Waals surface area (Å²) in [6.07, 6.45) is -2.43. The van der Waals surface area contributed by atoms with Crippen LogP contribution in [0.3, 0.4) is 0 Å². The van der Waals surface area contributed by atoms with Crippen molar-refractivity contribution in [3.8, 4) is 0 Å². The van der Waals surface area contributed by atoms with E-state index in [0.29, 0.717) is 32.0 Å². The highest BCUT2D eigenvalue weighted by atomic mass is 19.1. The number of amides is 1. The van der Waals surface area contributed by atoms with Crippen LogP contribution in [0.5, 0.6) is 0 Å². The number of aliphatic hydroxyl groups excluding tert-OH is 1. The highest BCUT2D eigenvalue weighted by molar-refractivity contribution is 5.68. The molecule has 0 radical (unpaired) electrons. The Morgan fingerprint density at radius 2 is 2.07 bits per heavy atom. The Kier molecular flexibility index (Phi) is 7.14. The molecule has 0 aliphatic carbocycles. The second-order valence-electron chi connectivity index (χ2n) is 7.58. The number of halogens is 1. The van der Waals surface area contributed by atoms with Crippen LogP contribution in [0.2, 0.25) is 0 Å². The first-order valence-electron chi connectivity index (χ1n) is 8.97. The van der Waals surface area contributed by atoms with E-state index in [0.717, 1.165) is 6.07 Å². The van der Waals surface area contributed by atoms with Gasteiger partial charge in [0.1, 0.15) is 12.4 Å². The number of anilines is 1. The number of aliphatic hydroxyl groups is 1. The summed E-state index contributed by atoms with van der Waals surface area (Å²) >= 11 is 0. The van der Waals surface area contributed by atoms with Gasteiger partial charge in [-0.3, -0.25) is 10.1 Å². The van der Waals surface area contributed by atoms with E-state index < -0.39 is 41.1 Å². The molecule has 0 aromatic heterocycles. The molecule has 2 N–H and O–H groups in total. The number of hydrogen-bond acceptors (Lipinski definition) is 7. The predicted molar refractivity (Wildman–Crippen MR) is 99.4 cm³/mol. The number of carbonyl (C=O) groups excluding carboxylic acids is 1. The second-order valence-corrected chi connectivity index (χ2v) is 7.58. The van der Waals surface area contributed by atoms with Crippen LogP contribution in [0.1, 0.15) is 32.4 Å². The Morgan fingerprint density at radius 3 is 2.61 bits per heavy atom. The van der Waals surface area contributed by atoms with E-state index in [2.05, 4.69) is 5.32 Å². The fourth-order valence-electron chi connectivity index (χ4n) is 2.85. The van der Waals surface area contributed by atoms with Gasteiger partial charge in [0.05, 0.1) is 18.9 Å². The zero-order valence-corrected chi connectivity index (χ0v) is 16.2. The zero-order chi connectivity index (χ0) is 20.9. The van der Waals surface area contributed by atoms with E-state index in [1.807, 2.05) is 0 Å². The van der Waals surface area contributed by atoms with Gasteiger partial charge in [0.15, 0.2) is 6.10 Å². The summed E-state index contributed by atoms with van der Waals surface area (Å²) in [4.78, 5) is 24.2. The number of nitro groups is 1. The maximum absolute atomic E-state index is 14.5. The first-order chi connectivity index (χ1) is 13.1. The third-order valence-electron chi connectivity index (χ3n) is 4.12. The molecule has 2 rings (SSSR count). The van der Waals surface area contributed by atoms with E-state index in [-0.39, 0.29) is 5.56 Å². The van der Waals surface area contributed by atoms with Crippen molar-refractivity contribution in [3.05, 3.63) is 39.7 Å². The fraction of sp³-hybridized carbons (Fsp3) is 0.611. The molecule has 1 saturated heterocycles. The molecular weight excluding hydrogens is 373 g/mol. The quantitative estimate of drug-likeness (QED) is 0.554. The SMILES string of the molecule is CC(C)(C)NC(=O)OCC(O)C(c1ccc(N2CCOCC2)c(F)c1)[N+](=O)[O-]. The Bertz CT molecular complexity index is 703. The number of ether oxygens (including phenoxy) is 2. The summed E-state index contributed by atoms with van der Waals surface area (Å²) < 4.78 is 24.6. The summed E-state index contributed by atoms with van der Waals surface area (Å²) in [5, 5.41) is 24.2. The van der Waals surface area contributed by atoms with Crippen molar-refractivity contribution in [2.24, 2.45) is 0 Å². The van der Waals surface area contributed by atoms with Crippen molar-refractivity contribution >= 4 is 11.8 Å². The summed E-state index contributed by atoms with van der Waals surface area (Å²) in [6.45, 7) is 6.62. The van der Waals surface area contributed by atoms with Gasteiger partial charge in [0.2, 0.25) is 0 Å². The van der Waals surface area contributed by atoms with Gasteiger partial charge in [-0.15, -0.1) is 0 Å². The van der Waals surface area contributed by atoms with Crippen molar-refractivity contribution in [3.63, 3.8) is 0 Å². The molecule has 1 heterocycles. The molecule has 0 saturated carbocycles. The number of morpholine rings is 1. The average molecular weight is 399 g/mol. The molecule has 1 aromatic rings. The van der Waals surface area contributed by atoms with Crippen molar-refractivity contribution in [2.45, 2.75) is 38.5 Å². The number of alkyl carbamates (subject to hydrolysis) is 1. The lowest BCUT2D eigenvalue weighted by Gasteiger charge is -2.29. The number of carbonyl (C=O) groups is 1. The molecule has 2 unspecified atom stereocenters. The summed E-state index contributed by atoms with van der Waals surface area (Å²) in [6, 6.07) is 2.26. The minimum absolute atomic E-state index is 0.00756. The average Bonchev–Trinajstić information content (AvgIpc) is 2.59. The summed E-state index contributed by atoms with van der Waals surface area (Å²) in [7, 11) is 0. The number of rotatable bonds is 6. The summed E-state index contributed by atoms with van der Waals surface area (Å²) in [5.41, 5.74) is -0.237. The van der Waals surface area contributed by atoms with E-state index in [1.165, 1.54) is 12.1 Å². The van der Waals surface area contributed by atoms with Gasteiger partial charge < -0.3 is 24.8 Å². The van der Waals surface area contributed by atoms with Crippen LogP contribution in [0.15, 0.2) is 18.2 Å². The van der Waals surface area contributed by atoms with Crippen LogP contribution in [0, 0.1) is 15.9 Å². The Balaban J connectivity index is 2.09. The van der Waals surface area contributed by atoms with Gasteiger partial charge in [-0.1, -0.05) is 0 Å². The minimum atomic E-state index is -1.63. The maximum Gasteiger partial charge on any atom is 0.407 e. The largest absolute Gasteiger partial charge is 0.446 e. The lowest BCUT2D eigenvalue weighted by molar-refractivity contribution is -0.541. The third-order valence-corrected chi connectivity index (χ3v) is 4.12. The Hall–Kier alpha value is -2.46. The molecule has 10 heteroatoms. The third kappa shape index (κ3) is 6.03. The molecule has 1 amide bonds. The van der Waals surface area contributed by atoms with Gasteiger partial charge in [-0.2, -0.15) is 0 Å². The molecule has 28 heavy (non-hydrogen) atoms. The smallest absolute Gasteiger partial charge is 0.407 e. The molecule has 1 fully saturated rings. The van der Waals surface area contributed by atoms with Crippen LogP contribution in [0.4, 0.5) is 14.9 Å². The van der Waals surface area contributed by atoms with E-state index in [4.69, 9.17) is 9.47 Å². The van der Waals surface area contributed by atoms with E-state index >= 15 is 0 Å². The highest BCUT2D eigenvalue weighted by Crippen LogP contribution is 2.27. The van der Waals surface area contributed by atoms with Gasteiger partial charge >= 0.3 is 6.09 Å². The standard InChI is InChI=1S/C18H26FN3O6/c1-18(2,3)20-17(24)28-11-15(23)16(22(25)26)12-4-5-14(13(19)10-12)21-6-8-27-9-7-21/h4-5,10,15-16,23H,6-9,11H2,1-3H3,(H,20,24). The van der Waals surface area contributed by atoms with E-state index in [9.17, 15) is 24.4 Å². The topological polar surface area (TPSA) is 114 Å². The number of hydrogen-bond donors (Lipinski definition) is 2. The monoisotopic (exact) mass is 399 g/mol. The van der Waals surface area contributed by atoms with Gasteiger partial charge in [0, 0.05) is 29.1 Å². The normalized spacial score (nSPS) is 17.0. The predicted octanol–water partition coefficient (Wildman–Crippen LogP) is 1.87. The molecule has 1 aromatic carbocycles. The molecule has 156 valence electrons. The lowest BCUT2D eigenvalue weighted by Crippen LogP contribution is -2.42. The van der Waals surface area contributed by atoms with Crippen molar-refractivity contribution in [1.29, 1.82) is 0 Å². The molecule has 0 bridgehead atoms. The molecule has 9 nitrogen and oxygen atoms in total. The van der Waals surface area contributed by atoms with E-state index in [1.54, 1.807) is 25.7 Å². The maximum atomic E-state index is 14.5. The molecule has 1 aliphatic heterocycles. The molecule has 1 aliphatic rings. The first kappa shape index (κ1) is 21.8. The molecular formula is C18H26FN3O6. The van der Waals surface area contributed by atoms with Crippen LogP contribution < -0.4 is 10.2 Å². The number of benzene rings is 1. The molecule has 0 spiro atoms. The van der Waals surface area contributed by atoms with Crippen LogP contribution >= 0.6 is 0 Å². The fourth-order valence-corrected chi connectivity index (χ4v) is 2.85. The lowest BCUT2D eigenvalue weighted by atomic mass is 10.0. The summed E-state index contributed by atoms with van der Waals surface area (Å²) in [5.74, 6) is -0.621. The van der Waals surface area contributed by atoms with Crippen LogP contribution in [-0.4, -0.2) is 60.7 Å². The first-order valence-corrected chi connectivity index (χ1v) is 8.97. The second kappa shape index (κ2) is 9.16.